The number of nitrogens with zero attached hydrogens (tertiary/aromatic N) is 4. The van der Waals surface area contributed by atoms with Gasteiger partial charge in [-0.25, -0.2) is 17.9 Å². The van der Waals surface area contributed by atoms with Gasteiger partial charge >= 0.3 is 0 Å². The highest BCUT2D eigenvalue weighted by Crippen LogP contribution is 2.39. The molecule has 1 fully saturated rings. The zero-order valence-corrected chi connectivity index (χ0v) is 20.0. The van der Waals surface area contributed by atoms with Crippen molar-refractivity contribution >= 4 is 11.8 Å². The van der Waals surface area contributed by atoms with E-state index in [-0.39, 0.29) is 43.8 Å². The second kappa shape index (κ2) is 11.3. The van der Waals surface area contributed by atoms with Crippen molar-refractivity contribution in [3.05, 3.63) is 59.6 Å². The summed E-state index contributed by atoms with van der Waals surface area (Å²) in [5, 5.41) is 12.6. The Hall–Kier alpha value is -4.10. The molecule has 198 valence electrons. The molecule has 2 aromatic heterocycles. The van der Waals surface area contributed by atoms with Gasteiger partial charge in [-0.1, -0.05) is 5.21 Å². The number of hydrogen-bond acceptors (Lipinski definition) is 8. The Balaban J connectivity index is 1.20. The Labute approximate surface area is 210 Å². The number of carbonyl (C=O) groups excluding carboxylic acids is 2. The second-order valence-corrected chi connectivity index (χ2v) is 8.78. The molecular weight excluding hydrogens is 493 g/mol. The standard InChI is InChI=1S/C23H27F3N8O3/c1-27-22(36)19-13-34(33-31-19)12-14(24)2-3-15-4-5-20(32-30-15)29-21(35)9-16-8-17(6-7-28-16)37-18-10-23(25,26)11-18/h4-8,13-14,18,30,32H,2-3,9-12H2,1H3,(H,27,36)(H,29,35). The first kappa shape index (κ1) is 26.0. The van der Waals surface area contributed by atoms with Gasteiger partial charge in [-0.15, -0.1) is 5.10 Å². The highest BCUT2D eigenvalue weighted by atomic mass is 19.3. The van der Waals surface area contributed by atoms with Gasteiger partial charge in [0, 0.05) is 37.8 Å². The van der Waals surface area contributed by atoms with Gasteiger partial charge in [0.25, 0.3) is 11.8 Å². The molecule has 0 saturated heterocycles. The first-order valence-corrected chi connectivity index (χ1v) is 11.7. The molecule has 1 aliphatic heterocycles. The van der Waals surface area contributed by atoms with E-state index in [1.165, 1.54) is 24.1 Å². The lowest BCUT2D eigenvalue weighted by molar-refractivity contribution is -0.134. The van der Waals surface area contributed by atoms with E-state index in [0.717, 1.165) is 5.70 Å². The zero-order chi connectivity index (χ0) is 26.4. The van der Waals surface area contributed by atoms with Crippen LogP contribution < -0.4 is 26.2 Å². The average molecular weight is 521 g/mol. The van der Waals surface area contributed by atoms with Crippen molar-refractivity contribution in [2.24, 2.45) is 0 Å². The smallest absolute Gasteiger partial charge is 0.273 e. The molecule has 2 aromatic rings. The molecule has 1 atom stereocenters. The first-order chi connectivity index (χ1) is 17.7. The maximum atomic E-state index is 14.4. The van der Waals surface area contributed by atoms with E-state index < -0.39 is 24.1 Å². The summed E-state index contributed by atoms with van der Waals surface area (Å²) >= 11 is 0. The van der Waals surface area contributed by atoms with Crippen molar-refractivity contribution in [3.8, 4) is 5.75 Å². The van der Waals surface area contributed by atoms with E-state index >= 15 is 0 Å². The molecule has 0 aromatic carbocycles. The maximum Gasteiger partial charge on any atom is 0.273 e. The highest BCUT2D eigenvalue weighted by Gasteiger charge is 2.47. The van der Waals surface area contributed by atoms with Gasteiger partial charge < -0.3 is 20.8 Å². The van der Waals surface area contributed by atoms with Gasteiger partial charge in [-0.3, -0.25) is 20.0 Å². The van der Waals surface area contributed by atoms with Crippen molar-refractivity contribution in [2.75, 3.05) is 7.05 Å². The molecule has 3 heterocycles. The molecule has 0 spiro atoms. The number of allylic oxidation sites excluding steroid dienone is 3. The summed E-state index contributed by atoms with van der Waals surface area (Å²) in [6.45, 7) is -0.0325. The molecule has 1 saturated carbocycles. The fraction of sp³-hybridized carbons (Fsp3) is 0.435. The Morgan fingerprint density at radius 2 is 2.11 bits per heavy atom. The van der Waals surface area contributed by atoms with Crippen molar-refractivity contribution in [3.63, 3.8) is 0 Å². The summed E-state index contributed by atoms with van der Waals surface area (Å²) in [5.74, 6) is -2.61. The van der Waals surface area contributed by atoms with Gasteiger partial charge in [0.15, 0.2) is 5.69 Å². The number of amides is 2. The fourth-order valence-electron chi connectivity index (χ4n) is 3.73. The lowest BCUT2D eigenvalue weighted by Gasteiger charge is -2.34. The lowest BCUT2D eigenvalue weighted by atomic mass is 9.91. The molecule has 2 amide bonds. The van der Waals surface area contributed by atoms with Gasteiger partial charge in [0.2, 0.25) is 5.91 Å². The number of alkyl halides is 3. The third-order valence-corrected chi connectivity index (χ3v) is 5.68. The van der Waals surface area contributed by atoms with Gasteiger partial charge in [-0.2, -0.15) is 0 Å². The van der Waals surface area contributed by atoms with Crippen LogP contribution in [0, 0.1) is 0 Å². The Morgan fingerprint density at radius 3 is 2.81 bits per heavy atom. The third kappa shape index (κ3) is 7.44. The maximum absolute atomic E-state index is 14.4. The number of hydrazine groups is 1. The molecule has 4 rings (SSSR count). The van der Waals surface area contributed by atoms with E-state index in [0.29, 0.717) is 23.7 Å². The number of ether oxygens (including phenoxy) is 1. The molecule has 1 unspecified atom stereocenters. The van der Waals surface area contributed by atoms with Gasteiger partial charge in [-0.05, 0) is 31.1 Å². The second-order valence-electron chi connectivity index (χ2n) is 8.78. The van der Waals surface area contributed by atoms with Crippen LogP contribution in [0.5, 0.6) is 5.75 Å². The van der Waals surface area contributed by atoms with E-state index in [2.05, 4.69) is 36.8 Å². The number of nitrogens with one attached hydrogen (secondary N) is 4. The highest BCUT2D eigenvalue weighted by molar-refractivity contribution is 5.91. The van der Waals surface area contributed by atoms with Gasteiger partial charge in [0.1, 0.15) is 23.8 Å². The van der Waals surface area contributed by atoms with Crippen LogP contribution in [0.15, 0.2) is 48.2 Å². The number of aromatic nitrogens is 4. The molecule has 2 aliphatic rings. The number of halogens is 3. The number of hydrogen-bond donors (Lipinski definition) is 4. The van der Waals surface area contributed by atoms with Crippen LogP contribution in [0.2, 0.25) is 0 Å². The largest absolute Gasteiger partial charge is 0.490 e. The molecular formula is C23H27F3N8O3. The molecule has 37 heavy (non-hydrogen) atoms. The van der Waals surface area contributed by atoms with Crippen LogP contribution in [0.4, 0.5) is 13.2 Å². The lowest BCUT2D eigenvalue weighted by Crippen LogP contribution is -2.43. The molecule has 4 N–H and O–H groups in total. The van der Waals surface area contributed by atoms with Crippen LogP contribution in [-0.4, -0.2) is 57.0 Å². The summed E-state index contributed by atoms with van der Waals surface area (Å²) in [6, 6.07) is 3.12. The van der Waals surface area contributed by atoms with Gasteiger partial charge in [0.05, 0.1) is 24.9 Å². The predicted octanol–water partition coefficient (Wildman–Crippen LogP) is 1.52. The summed E-state index contributed by atoms with van der Waals surface area (Å²) in [5.41, 5.74) is 7.03. The average Bonchev–Trinajstić information content (AvgIpc) is 3.30. The van der Waals surface area contributed by atoms with Crippen LogP contribution in [-0.2, 0) is 17.8 Å². The molecule has 1 aliphatic carbocycles. The third-order valence-electron chi connectivity index (χ3n) is 5.68. The van der Waals surface area contributed by atoms with Crippen LogP contribution in [0.3, 0.4) is 0 Å². The Bertz CT molecular complexity index is 1190. The number of carbonyl (C=O) groups is 2. The zero-order valence-electron chi connectivity index (χ0n) is 20.0. The van der Waals surface area contributed by atoms with E-state index in [1.54, 1.807) is 24.3 Å². The van der Waals surface area contributed by atoms with Crippen LogP contribution in [0.1, 0.15) is 41.9 Å². The predicted molar refractivity (Wildman–Crippen MR) is 125 cm³/mol. The number of rotatable bonds is 11. The first-order valence-electron chi connectivity index (χ1n) is 11.7. The minimum absolute atomic E-state index is 0.0325. The molecule has 0 bridgehead atoms. The summed E-state index contributed by atoms with van der Waals surface area (Å²) in [6.07, 6.45) is 4.39. The summed E-state index contributed by atoms with van der Waals surface area (Å²) in [7, 11) is 1.47. The SMILES string of the molecule is CNC(=O)c1cn(CC(F)CCC2=CC=C(NC(=O)Cc3cc(OC4CC(F)(F)C4)ccn3)NN2)nn1. The van der Waals surface area contributed by atoms with E-state index in [9.17, 15) is 22.8 Å². The van der Waals surface area contributed by atoms with Crippen LogP contribution in [0.25, 0.3) is 0 Å². The van der Waals surface area contributed by atoms with Crippen LogP contribution >= 0.6 is 0 Å². The van der Waals surface area contributed by atoms with E-state index in [4.69, 9.17) is 4.74 Å². The molecule has 0 radical (unpaired) electrons. The quantitative estimate of drug-likeness (QED) is 0.350. The van der Waals surface area contributed by atoms with E-state index in [1.807, 2.05) is 0 Å². The Morgan fingerprint density at radius 1 is 1.30 bits per heavy atom. The molecule has 14 heteroatoms. The van der Waals surface area contributed by atoms with Crippen molar-refractivity contribution < 1.29 is 27.5 Å². The minimum Gasteiger partial charge on any atom is -0.490 e. The van der Waals surface area contributed by atoms with Crippen molar-refractivity contribution in [1.82, 2.24) is 41.5 Å². The Kier molecular flexibility index (Phi) is 7.94. The monoisotopic (exact) mass is 520 g/mol. The summed E-state index contributed by atoms with van der Waals surface area (Å²) < 4.78 is 47.1. The normalized spacial score (nSPS) is 17.3. The fourth-order valence-corrected chi connectivity index (χ4v) is 3.73. The minimum atomic E-state index is -2.67. The van der Waals surface area contributed by atoms with Crippen molar-refractivity contribution in [1.29, 1.82) is 0 Å². The van der Waals surface area contributed by atoms with Crippen molar-refractivity contribution in [2.45, 2.75) is 56.8 Å². The topological polar surface area (TPSA) is 135 Å². The number of pyridine rings is 1. The summed E-state index contributed by atoms with van der Waals surface area (Å²) in [4.78, 5) is 28.0. The molecule has 11 nitrogen and oxygen atoms in total.